The van der Waals surface area contributed by atoms with E-state index in [4.69, 9.17) is 9.47 Å². The summed E-state index contributed by atoms with van der Waals surface area (Å²) in [5.74, 6) is 1.72. The largest absolute Gasteiger partial charge is 0.485 e. The first-order valence-corrected chi connectivity index (χ1v) is 11.0. The molecule has 0 atom stereocenters. The molecule has 4 heteroatoms. The zero-order valence-corrected chi connectivity index (χ0v) is 17.9. The fraction of sp³-hybridized carbons (Fsp3) is 0.154. The molecule has 0 bridgehead atoms. The summed E-state index contributed by atoms with van der Waals surface area (Å²) in [4.78, 5) is 3.40. The standard InChI is InChI=1S/C26H23NO2S/c1-18-3-9-21(10-4-18)27(22-11-5-19(2)6-12-22)23-13-7-20(8-14-23)26-25-24(17-30-26)28-15-16-29-25/h3-14,17H,15-16H2,1-2H3. The van der Waals surface area contributed by atoms with Crippen molar-refractivity contribution in [3.05, 3.63) is 89.3 Å². The minimum Gasteiger partial charge on any atom is -0.485 e. The molecule has 0 unspecified atom stereocenters. The molecule has 30 heavy (non-hydrogen) atoms. The molecule has 3 nitrogen and oxygen atoms in total. The van der Waals surface area contributed by atoms with Gasteiger partial charge in [0.15, 0.2) is 11.5 Å². The van der Waals surface area contributed by atoms with E-state index in [0.29, 0.717) is 13.2 Å². The monoisotopic (exact) mass is 413 g/mol. The highest BCUT2D eigenvalue weighted by atomic mass is 32.1. The van der Waals surface area contributed by atoms with E-state index in [1.807, 2.05) is 5.38 Å². The number of benzene rings is 3. The normalized spacial score (nSPS) is 12.6. The first-order valence-electron chi connectivity index (χ1n) is 10.1. The van der Waals surface area contributed by atoms with Crippen molar-refractivity contribution in [2.45, 2.75) is 13.8 Å². The van der Waals surface area contributed by atoms with E-state index >= 15 is 0 Å². The van der Waals surface area contributed by atoms with Gasteiger partial charge in [0.05, 0.1) is 4.88 Å². The van der Waals surface area contributed by atoms with E-state index in [9.17, 15) is 0 Å². The Hall–Kier alpha value is -3.24. The molecule has 4 aromatic rings. The van der Waals surface area contributed by atoms with E-state index < -0.39 is 0 Å². The Bertz CT molecular complexity index is 1100. The van der Waals surface area contributed by atoms with Gasteiger partial charge in [-0.1, -0.05) is 47.5 Å². The molecular weight excluding hydrogens is 390 g/mol. The van der Waals surface area contributed by atoms with Gasteiger partial charge in [0.1, 0.15) is 13.2 Å². The van der Waals surface area contributed by atoms with Gasteiger partial charge in [0, 0.05) is 22.4 Å². The van der Waals surface area contributed by atoms with Gasteiger partial charge < -0.3 is 14.4 Å². The summed E-state index contributed by atoms with van der Waals surface area (Å²) in [6.45, 7) is 5.44. The van der Waals surface area contributed by atoms with Crippen molar-refractivity contribution in [2.75, 3.05) is 18.1 Å². The van der Waals surface area contributed by atoms with Crippen LogP contribution in [0.4, 0.5) is 17.1 Å². The van der Waals surface area contributed by atoms with E-state index in [-0.39, 0.29) is 0 Å². The van der Waals surface area contributed by atoms with Crippen LogP contribution in [0.15, 0.2) is 78.2 Å². The third-order valence-corrected chi connectivity index (χ3v) is 6.26. The number of fused-ring (bicyclic) bond motifs is 1. The first-order chi connectivity index (χ1) is 14.7. The minimum atomic E-state index is 0.601. The summed E-state index contributed by atoms with van der Waals surface area (Å²) in [6, 6.07) is 26.0. The number of thiophene rings is 1. The molecule has 0 radical (unpaired) electrons. The fourth-order valence-corrected chi connectivity index (χ4v) is 4.60. The van der Waals surface area contributed by atoms with Crippen LogP contribution in [0.3, 0.4) is 0 Å². The molecule has 0 saturated heterocycles. The van der Waals surface area contributed by atoms with Crippen LogP contribution < -0.4 is 14.4 Å². The molecule has 2 heterocycles. The molecule has 3 aromatic carbocycles. The number of hydrogen-bond acceptors (Lipinski definition) is 4. The van der Waals surface area contributed by atoms with Gasteiger partial charge in [-0.3, -0.25) is 0 Å². The van der Waals surface area contributed by atoms with Gasteiger partial charge in [-0.15, -0.1) is 11.3 Å². The summed E-state index contributed by atoms with van der Waals surface area (Å²) in [7, 11) is 0. The van der Waals surface area contributed by atoms with Gasteiger partial charge in [0.2, 0.25) is 0 Å². The quantitative estimate of drug-likeness (QED) is 0.351. The molecule has 1 aromatic heterocycles. The highest BCUT2D eigenvalue weighted by Gasteiger charge is 2.20. The molecule has 0 spiro atoms. The molecular formula is C26H23NO2S. The zero-order valence-electron chi connectivity index (χ0n) is 17.1. The number of rotatable bonds is 4. The summed E-state index contributed by atoms with van der Waals surface area (Å²) in [5, 5.41) is 2.03. The highest BCUT2D eigenvalue weighted by molar-refractivity contribution is 7.14. The Labute approximate surface area is 181 Å². The van der Waals surface area contributed by atoms with Crippen molar-refractivity contribution in [3.63, 3.8) is 0 Å². The molecule has 0 amide bonds. The van der Waals surface area contributed by atoms with Gasteiger partial charge >= 0.3 is 0 Å². The Kier molecular flexibility index (Phi) is 4.93. The van der Waals surface area contributed by atoms with Crippen LogP contribution >= 0.6 is 11.3 Å². The van der Waals surface area contributed by atoms with Gasteiger partial charge in [-0.25, -0.2) is 0 Å². The van der Waals surface area contributed by atoms with Crippen molar-refractivity contribution in [3.8, 4) is 21.9 Å². The number of anilines is 3. The summed E-state index contributed by atoms with van der Waals surface area (Å²) < 4.78 is 11.6. The molecule has 0 fully saturated rings. The number of hydrogen-bond donors (Lipinski definition) is 0. The van der Waals surface area contributed by atoms with Crippen molar-refractivity contribution in [2.24, 2.45) is 0 Å². The van der Waals surface area contributed by atoms with E-state index in [0.717, 1.165) is 39.0 Å². The lowest BCUT2D eigenvalue weighted by Crippen LogP contribution is -2.14. The van der Waals surface area contributed by atoms with Gasteiger partial charge in [-0.05, 0) is 55.8 Å². The number of aryl methyl sites for hydroxylation is 2. The molecule has 0 N–H and O–H groups in total. The van der Waals surface area contributed by atoms with Crippen LogP contribution in [-0.2, 0) is 0 Å². The number of ether oxygens (including phenoxy) is 2. The smallest absolute Gasteiger partial charge is 0.179 e. The maximum atomic E-state index is 5.86. The molecule has 1 aliphatic rings. The maximum absolute atomic E-state index is 5.86. The average Bonchev–Trinajstić information content (AvgIpc) is 3.21. The molecule has 5 rings (SSSR count). The lowest BCUT2D eigenvalue weighted by Gasteiger charge is -2.26. The van der Waals surface area contributed by atoms with Crippen LogP contribution in [0.2, 0.25) is 0 Å². The Morgan fingerprint density at radius 1 is 0.667 bits per heavy atom. The van der Waals surface area contributed by atoms with Crippen molar-refractivity contribution < 1.29 is 9.47 Å². The lowest BCUT2D eigenvalue weighted by atomic mass is 10.1. The topological polar surface area (TPSA) is 21.7 Å². The Balaban J connectivity index is 1.54. The third-order valence-electron chi connectivity index (χ3n) is 5.27. The van der Waals surface area contributed by atoms with E-state index in [1.54, 1.807) is 11.3 Å². The second-order valence-electron chi connectivity index (χ2n) is 7.51. The summed E-state index contributed by atoms with van der Waals surface area (Å²) in [5.41, 5.74) is 7.05. The van der Waals surface area contributed by atoms with Crippen LogP contribution in [0.5, 0.6) is 11.5 Å². The molecule has 150 valence electrons. The van der Waals surface area contributed by atoms with Crippen molar-refractivity contribution in [1.29, 1.82) is 0 Å². The van der Waals surface area contributed by atoms with E-state index in [1.165, 1.54) is 11.1 Å². The average molecular weight is 414 g/mol. The second kappa shape index (κ2) is 7.88. The van der Waals surface area contributed by atoms with Crippen LogP contribution in [0, 0.1) is 13.8 Å². The lowest BCUT2D eigenvalue weighted by molar-refractivity contribution is 0.174. The second-order valence-corrected chi connectivity index (χ2v) is 8.39. The van der Waals surface area contributed by atoms with Crippen LogP contribution in [0.1, 0.15) is 11.1 Å². The third kappa shape index (κ3) is 3.55. The molecule has 0 saturated carbocycles. The maximum Gasteiger partial charge on any atom is 0.179 e. The SMILES string of the molecule is Cc1ccc(N(c2ccc(C)cc2)c2ccc(-c3scc4c3OCCO4)cc2)cc1. The summed E-state index contributed by atoms with van der Waals surface area (Å²) in [6.07, 6.45) is 0. The fourth-order valence-electron chi connectivity index (χ4n) is 3.66. The van der Waals surface area contributed by atoms with Gasteiger partial charge in [0.25, 0.3) is 0 Å². The van der Waals surface area contributed by atoms with E-state index in [2.05, 4.69) is 91.5 Å². The van der Waals surface area contributed by atoms with Crippen molar-refractivity contribution in [1.82, 2.24) is 0 Å². The molecule has 0 aliphatic carbocycles. The Morgan fingerprint density at radius 2 is 1.17 bits per heavy atom. The Morgan fingerprint density at radius 3 is 1.73 bits per heavy atom. The molecule has 1 aliphatic heterocycles. The van der Waals surface area contributed by atoms with Gasteiger partial charge in [-0.2, -0.15) is 0 Å². The number of nitrogens with zero attached hydrogens (tertiary/aromatic N) is 1. The highest BCUT2D eigenvalue weighted by Crippen LogP contribution is 2.46. The zero-order chi connectivity index (χ0) is 20.5. The predicted octanol–water partition coefficient (Wildman–Crippen LogP) is 7.27. The predicted molar refractivity (Wildman–Crippen MR) is 125 cm³/mol. The summed E-state index contributed by atoms with van der Waals surface area (Å²) >= 11 is 1.67. The minimum absolute atomic E-state index is 0.601. The van der Waals surface area contributed by atoms with Crippen molar-refractivity contribution >= 4 is 28.4 Å². The van der Waals surface area contributed by atoms with Crippen LogP contribution in [0.25, 0.3) is 10.4 Å². The van der Waals surface area contributed by atoms with Crippen LogP contribution in [-0.4, -0.2) is 13.2 Å². The first kappa shape index (κ1) is 18.8.